The van der Waals surface area contributed by atoms with E-state index in [0.29, 0.717) is 6.54 Å². The Morgan fingerprint density at radius 1 is 1.00 bits per heavy atom. The molecule has 1 aliphatic heterocycles. The Morgan fingerprint density at radius 2 is 1.70 bits per heavy atom. The summed E-state index contributed by atoms with van der Waals surface area (Å²) in [6, 6.07) is 24.1. The van der Waals surface area contributed by atoms with Crippen LogP contribution in [0, 0.1) is 0 Å². The molecule has 0 aliphatic carbocycles. The van der Waals surface area contributed by atoms with E-state index in [9.17, 15) is 4.79 Å². The summed E-state index contributed by atoms with van der Waals surface area (Å²) < 4.78 is 11.1. The van der Waals surface area contributed by atoms with Crippen LogP contribution in [0.3, 0.4) is 0 Å². The summed E-state index contributed by atoms with van der Waals surface area (Å²) in [5.74, 6) is 0.890. The van der Waals surface area contributed by atoms with Crippen LogP contribution >= 0.6 is 0 Å². The predicted molar refractivity (Wildman–Crippen MR) is 115 cm³/mol. The average Bonchev–Trinajstić information content (AvgIpc) is 3.34. The van der Waals surface area contributed by atoms with Crippen molar-refractivity contribution in [1.29, 1.82) is 0 Å². The molecule has 2 aromatic carbocycles. The van der Waals surface area contributed by atoms with E-state index in [2.05, 4.69) is 34.5 Å². The number of amides is 1. The van der Waals surface area contributed by atoms with Gasteiger partial charge in [-0.15, -0.1) is 0 Å². The normalized spacial score (nSPS) is 15.5. The van der Waals surface area contributed by atoms with Crippen molar-refractivity contribution in [3.05, 3.63) is 90.4 Å². The highest BCUT2D eigenvalue weighted by Gasteiger charge is 2.31. The number of piperazine rings is 1. The van der Waals surface area contributed by atoms with Gasteiger partial charge in [-0.3, -0.25) is 0 Å². The maximum absolute atomic E-state index is 12.2. The third-order valence-electron chi connectivity index (χ3n) is 5.57. The Morgan fingerprint density at radius 3 is 2.37 bits per heavy atom. The number of hydrogen-bond donors (Lipinski definition) is 2. The van der Waals surface area contributed by atoms with Gasteiger partial charge < -0.3 is 24.3 Å². The predicted octanol–water partition coefficient (Wildman–Crippen LogP) is 2.65. The molecule has 0 bridgehead atoms. The second-order valence-electron chi connectivity index (χ2n) is 7.49. The standard InChI is InChI=1S/C24H27N3O3/c28-24(30-19-20-8-3-1-4-9-20)25-18-22(23-12-7-17-29-23)27-15-13-26(14-16-27)21-10-5-2-6-11-21/h1-12,17,22H,13-16,18-19H2,(H,25,28)/p+1/t22-/m1/s1. The largest absolute Gasteiger partial charge is 0.463 e. The Labute approximate surface area is 177 Å². The highest BCUT2D eigenvalue weighted by Crippen LogP contribution is 2.15. The first kappa shape index (κ1) is 20.0. The third kappa shape index (κ3) is 5.21. The van der Waals surface area contributed by atoms with E-state index in [-0.39, 0.29) is 12.6 Å². The van der Waals surface area contributed by atoms with Crippen molar-refractivity contribution in [1.82, 2.24) is 5.32 Å². The number of quaternary nitrogens is 1. The van der Waals surface area contributed by atoms with Crippen LogP contribution in [0.4, 0.5) is 10.5 Å². The first-order chi connectivity index (χ1) is 14.8. The van der Waals surface area contributed by atoms with Gasteiger partial charge in [-0.1, -0.05) is 48.5 Å². The lowest BCUT2D eigenvalue weighted by Crippen LogP contribution is -3.15. The van der Waals surface area contributed by atoms with Gasteiger partial charge in [0.05, 0.1) is 39.0 Å². The number of benzene rings is 2. The minimum absolute atomic E-state index is 0.0576. The molecule has 1 saturated heterocycles. The Kier molecular flexibility index (Phi) is 6.67. The van der Waals surface area contributed by atoms with Crippen molar-refractivity contribution in [3.8, 4) is 0 Å². The van der Waals surface area contributed by atoms with E-state index < -0.39 is 6.09 Å². The Hall–Kier alpha value is -3.25. The van der Waals surface area contributed by atoms with Crippen LogP contribution in [-0.2, 0) is 11.3 Å². The van der Waals surface area contributed by atoms with Gasteiger partial charge in [0, 0.05) is 5.69 Å². The van der Waals surface area contributed by atoms with Crippen molar-refractivity contribution < 1.29 is 18.8 Å². The number of hydrogen-bond acceptors (Lipinski definition) is 4. The highest BCUT2D eigenvalue weighted by molar-refractivity contribution is 5.67. The van der Waals surface area contributed by atoms with Gasteiger partial charge in [0.1, 0.15) is 6.61 Å². The van der Waals surface area contributed by atoms with Crippen LogP contribution in [0.5, 0.6) is 0 Å². The molecule has 6 heteroatoms. The van der Waals surface area contributed by atoms with Gasteiger partial charge in [0.2, 0.25) is 0 Å². The molecule has 6 nitrogen and oxygen atoms in total. The van der Waals surface area contributed by atoms with Crippen molar-refractivity contribution in [3.63, 3.8) is 0 Å². The molecule has 0 unspecified atom stereocenters. The van der Waals surface area contributed by atoms with Crippen molar-refractivity contribution in [2.24, 2.45) is 0 Å². The van der Waals surface area contributed by atoms with E-state index in [1.165, 1.54) is 10.6 Å². The maximum atomic E-state index is 12.2. The molecule has 30 heavy (non-hydrogen) atoms. The number of para-hydroxylation sites is 1. The lowest BCUT2D eigenvalue weighted by atomic mass is 10.1. The lowest BCUT2D eigenvalue weighted by Gasteiger charge is -2.37. The number of alkyl carbamates (subject to hydrolysis) is 1. The van der Waals surface area contributed by atoms with Crippen LogP contribution in [-0.4, -0.2) is 38.8 Å². The van der Waals surface area contributed by atoms with E-state index >= 15 is 0 Å². The van der Waals surface area contributed by atoms with Gasteiger partial charge in [-0.25, -0.2) is 4.79 Å². The summed E-state index contributed by atoms with van der Waals surface area (Å²) >= 11 is 0. The molecular weight excluding hydrogens is 378 g/mol. The minimum Gasteiger partial charge on any atom is -0.463 e. The summed E-state index contributed by atoms with van der Waals surface area (Å²) in [6.07, 6.45) is 1.29. The van der Waals surface area contributed by atoms with Crippen LogP contribution < -0.4 is 15.1 Å². The number of carbonyl (C=O) groups is 1. The third-order valence-corrected chi connectivity index (χ3v) is 5.57. The van der Waals surface area contributed by atoms with Gasteiger partial charge in [0.25, 0.3) is 0 Å². The smallest absolute Gasteiger partial charge is 0.407 e. The van der Waals surface area contributed by atoms with E-state index in [1.807, 2.05) is 48.5 Å². The van der Waals surface area contributed by atoms with Crippen molar-refractivity contribution >= 4 is 11.8 Å². The van der Waals surface area contributed by atoms with E-state index in [0.717, 1.165) is 37.5 Å². The van der Waals surface area contributed by atoms with E-state index in [1.54, 1.807) is 6.26 Å². The van der Waals surface area contributed by atoms with Crippen LogP contribution in [0.2, 0.25) is 0 Å². The molecule has 3 aromatic rings. The average molecular weight is 407 g/mol. The van der Waals surface area contributed by atoms with Crippen molar-refractivity contribution in [2.75, 3.05) is 37.6 Å². The number of nitrogens with zero attached hydrogens (tertiary/aromatic N) is 1. The van der Waals surface area contributed by atoms with E-state index in [4.69, 9.17) is 9.15 Å². The number of furan rings is 1. The summed E-state index contributed by atoms with van der Waals surface area (Å²) in [5, 5.41) is 2.93. The quantitative estimate of drug-likeness (QED) is 0.633. The molecule has 1 aromatic heterocycles. The zero-order chi connectivity index (χ0) is 20.6. The molecule has 2 N–H and O–H groups in total. The first-order valence-corrected chi connectivity index (χ1v) is 10.4. The molecule has 1 amide bonds. The molecule has 1 aliphatic rings. The summed E-state index contributed by atoms with van der Waals surface area (Å²) in [6.45, 7) is 4.62. The second kappa shape index (κ2) is 9.98. The zero-order valence-electron chi connectivity index (χ0n) is 17.0. The fourth-order valence-electron chi connectivity index (χ4n) is 3.93. The number of nitrogens with one attached hydrogen (secondary N) is 2. The van der Waals surface area contributed by atoms with Gasteiger partial charge in [-0.2, -0.15) is 0 Å². The number of anilines is 1. The molecule has 0 saturated carbocycles. The Bertz CT molecular complexity index is 892. The van der Waals surface area contributed by atoms with Gasteiger partial charge in [-0.05, 0) is 29.8 Å². The number of carbonyl (C=O) groups excluding carboxylic acids is 1. The molecular formula is C24H28N3O3+. The summed E-state index contributed by atoms with van der Waals surface area (Å²) in [4.78, 5) is 16.0. The maximum Gasteiger partial charge on any atom is 0.407 e. The van der Waals surface area contributed by atoms with Crippen LogP contribution in [0.15, 0.2) is 83.5 Å². The lowest BCUT2D eigenvalue weighted by molar-refractivity contribution is -0.932. The SMILES string of the molecule is O=C(NC[C@H](c1ccco1)[NH+]1CCN(c2ccccc2)CC1)OCc1ccccc1. The van der Waals surface area contributed by atoms with Crippen LogP contribution in [0.25, 0.3) is 0 Å². The molecule has 4 rings (SSSR count). The second-order valence-corrected chi connectivity index (χ2v) is 7.49. The monoisotopic (exact) mass is 406 g/mol. The van der Waals surface area contributed by atoms with Gasteiger partial charge >= 0.3 is 6.09 Å². The number of rotatable bonds is 7. The minimum atomic E-state index is -0.405. The molecule has 1 atom stereocenters. The van der Waals surface area contributed by atoms with Gasteiger partial charge in [0.15, 0.2) is 11.8 Å². The summed E-state index contributed by atoms with van der Waals surface area (Å²) in [7, 11) is 0. The summed E-state index contributed by atoms with van der Waals surface area (Å²) in [5.41, 5.74) is 2.23. The van der Waals surface area contributed by atoms with Crippen LogP contribution in [0.1, 0.15) is 17.4 Å². The highest BCUT2D eigenvalue weighted by atomic mass is 16.5. The molecule has 156 valence electrons. The zero-order valence-corrected chi connectivity index (χ0v) is 17.0. The van der Waals surface area contributed by atoms with Crippen molar-refractivity contribution in [2.45, 2.75) is 12.6 Å². The number of ether oxygens (including phenoxy) is 1. The fourth-order valence-corrected chi connectivity index (χ4v) is 3.93. The molecule has 0 radical (unpaired) electrons. The molecule has 2 heterocycles. The topological polar surface area (TPSA) is 59.2 Å². The molecule has 1 fully saturated rings. The molecule has 0 spiro atoms. The first-order valence-electron chi connectivity index (χ1n) is 10.4. The Balaban J connectivity index is 1.32. The fraction of sp³-hybridized carbons (Fsp3) is 0.292.